The molecule has 0 aliphatic rings. The Morgan fingerprint density at radius 2 is 1.93 bits per heavy atom. The van der Waals surface area contributed by atoms with Crippen LogP contribution in [-0.2, 0) is 10.1 Å². The number of hydrogen-bond acceptors (Lipinski definition) is 3. The van der Waals surface area contributed by atoms with Crippen molar-refractivity contribution in [1.29, 1.82) is 0 Å². The summed E-state index contributed by atoms with van der Waals surface area (Å²) in [4.78, 5) is 10.2. The van der Waals surface area contributed by atoms with Crippen molar-refractivity contribution >= 4 is 16.1 Å². The number of aromatic carboxylic acids is 1. The van der Waals surface area contributed by atoms with Gasteiger partial charge in [-0.3, -0.25) is 4.55 Å². The Morgan fingerprint density at radius 1 is 1.40 bits per heavy atom. The van der Waals surface area contributed by atoms with Crippen LogP contribution in [0.1, 0.15) is 17.3 Å². The fraction of sp³-hybridized carbons (Fsp3) is 0.125. The first-order valence-electron chi connectivity index (χ1n) is 3.64. The van der Waals surface area contributed by atoms with Gasteiger partial charge in [-0.25, -0.2) is 4.79 Å². The summed E-state index contributed by atoms with van der Waals surface area (Å²) in [7, 11) is -4.34. The molecule has 0 radical (unpaired) electrons. The second-order valence-corrected chi connectivity index (χ2v) is 4.18. The third-order valence-electron chi connectivity index (χ3n) is 1.74. The van der Waals surface area contributed by atoms with Gasteiger partial charge in [-0.1, -0.05) is 6.07 Å². The Bertz CT molecular complexity index is 485. The van der Waals surface area contributed by atoms with Crippen molar-refractivity contribution in [3.8, 4) is 0 Å². The average Bonchev–Trinajstić information content (AvgIpc) is 2.02. The zero-order valence-electron chi connectivity index (χ0n) is 9.26. The molecule has 0 saturated heterocycles. The van der Waals surface area contributed by atoms with Crippen LogP contribution in [-0.4, -0.2) is 24.0 Å². The molecule has 1 rings (SSSR count). The van der Waals surface area contributed by atoms with Gasteiger partial charge in [-0.15, -0.1) is 0 Å². The van der Waals surface area contributed by atoms with Crippen molar-refractivity contribution in [1.82, 2.24) is 0 Å². The van der Waals surface area contributed by atoms with E-state index in [1.54, 1.807) is 0 Å². The van der Waals surface area contributed by atoms with Crippen LogP contribution in [0.3, 0.4) is 0 Å². The summed E-state index contributed by atoms with van der Waals surface area (Å²) in [6, 6.07) is 3.40. The second-order valence-electron chi connectivity index (χ2n) is 2.76. The van der Waals surface area contributed by atoms with Gasteiger partial charge in [0.15, 0.2) is 0 Å². The van der Waals surface area contributed by atoms with Crippen molar-refractivity contribution < 1.29 is 53.9 Å². The van der Waals surface area contributed by atoms with E-state index >= 15 is 0 Å². The molecule has 15 heavy (non-hydrogen) atoms. The number of carbonyl (C=O) groups is 1. The molecule has 78 valence electrons. The molecular weight excluding hydrogens is 231 g/mol. The number of benzene rings is 1. The van der Waals surface area contributed by atoms with E-state index in [0.717, 1.165) is 12.1 Å². The summed E-state index contributed by atoms with van der Waals surface area (Å²) < 4.78 is 30.0. The smallest absolute Gasteiger partial charge is 1.00 e. The van der Waals surface area contributed by atoms with Gasteiger partial charge in [0.25, 0.3) is 10.1 Å². The van der Waals surface area contributed by atoms with Crippen molar-refractivity contribution in [2.24, 2.45) is 0 Å². The van der Waals surface area contributed by atoms with Crippen molar-refractivity contribution in [2.45, 2.75) is 11.8 Å². The number of carboxylic acid groups (broad SMARTS) is 1. The molecule has 0 fully saturated rings. The first-order chi connectivity index (χ1) is 6.32. The molecule has 0 bridgehead atoms. The molecule has 0 atom stereocenters. The molecule has 0 aliphatic carbocycles. The Labute approximate surface area is 111 Å². The molecule has 1 aromatic carbocycles. The van der Waals surface area contributed by atoms with Crippen LogP contribution < -0.4 is 29.6 Å². The SMILES string of the molecule is Cc1ccc(S(=O)(=O)O)cc1C(=O)O.[H-].[Na+]. The minimum Gasteiger partial charge on any atom is -1.00 e. The molecule has 0 heterocycles. The zero-order valence-corrected chi connectivity index (χ0v) is 11.1. The Kier molecular flexibility index (Phi) is 4.95. The molecule has 0 amide bonds. The van der Waals surface area contributed by atoms with E-state index < -0.39 is 21.0 Å². The summed E-state index contributed by atoms with van der Waals surface area (Å²) in [5.74, 6) is -1.23. The summed E-state index contributed by atoms with van der Waals surface area (Å²) >= 11 is 0. The van der Waals surface area contributed by atoms with Gasteiger partial charge in [0.2, 0.25) is 0 Å². The quantitative estimate of drug-likeness (QED) is 0.463. The van der Waals surface area contributed by atoms with E-state index in [-0.39, 0.29) is 36.5 Å². The number of carboxylic acids is 1. The fourth-order valence-corrected chi connectivity index (χ4v) is 1.50. The minimum atomic E-state index is -4.34. The normalized spacial score (nSPS) is 10.5. The maximum Gasteiger partial charge on any atom is 1.00 e. The van der Waals surface area contributed by atoms with Gasteiger partial charge in [-0.2, -0.15) is 8.42 Å². The van der Waals surface area contributed by atoms with Crippen molar-refractivity contribution in [3.05, 3.63) is 29.3 Å². The van der Waals surface area contributed by atoms with E-state index in [1.807, 2.05) is 0 Å². The van der Waals surface area contributed by atoms with E-state index in [1.165, 1.54) is 13.0 Å². The standard InChI is InChI=1S/C8H8O5S.Na.H/c1-5-2-3-6(14(11,12)13)4-7(5)8(9)10;;/h2-4H,1H3,(H,9,10)(H,11,12,13);;/q;+1;-1. The first-order valence-corrected chi connectivity index (χ1v) is 5.08. The van der Waals surface area contributed by atoms with Crippen LogP contribution in [0.2, 0.25) is 0 Å². The third kappa shape index (κ3) is 3.58. The van der Waals surface area contributed by atoms with Gasteiger partial charge < -0.3 is 6.53 Å². The summed E-state index contributed by atoms with van der Waals surface area (Å²) in [5.41, 5.74) is 0.296. The summed E-state index contributed by atoms with van der Waals surface area (Å²) in [6.07, 6.45) is 0. The number of hydrogen-bond donors (Lipinski definition) is 2. The van der Waals surface area contributed by atoms with Crippen molar-refractivity contribution in [2.75, 3.05) is 0 Å². The first kappa shape index (κ1) is 14.6. The molecule has 0 unspecified atom stereocenters. The molecule has 2 N–H and O–H groups in total. The largest absolute Gasteiger partial charge is 1.00 e. The molecule has 0 spiro atoms. The Balaban J connectivity index is 0. The van der Waals surface area contributed by atoms with E-state index in [2.05, 4.69) is 0 Å². The molecule has 0 aromatic heterocycles. The average molecular weight is 240 g/mol. The Hall–Kier alpha value is -0.400. The fourth-order valence-electron chi connectivity index (χ4n) is 0.992. The van der Waals surface area contributed by atoms with Crippen LogP contribution in [0, 0.1) is 6.92 Å². The molecular formula is C8H9NaO5S. The second kappa shape index (κ2) is 5.09. The topological polar surface area (TPSA) is 91.7 Å². The van der Waals surface area contributed by atoms with E-state index in [0.29, 0.717) is 5.56 Å². The molecule has 0 saturated carbocycles. The van der Waals surface area contributed by atoms with Gasteiger partial charge >= 0.3 is 35.5 Å². The van der Waals surface area contributed by atoms with E-state index in [4.69, 9.17) is 9.66 Å². The van der Waals surface area contributed by atoms with E-state index in [9.17, 15) is 13.2 Å². The predicted molar refractivity (Wildman–Crippen MR) is 49.1 cm³/mol. The van der Waals surface area contributed by atoms with Crippen LogP contribution in [0.25, 0.3) is 0 Å². The van der Waals surface area contributed by atoms with Gasteiger partial charge in [0, 0.05) is 0 Å². The predicted octanol–water partition coefficient (Wildman–Crippen LogP) is -1.94. The van der Waals surface area contributed by atoms with Crippen LogP contribution in [0.4, 0.5) is 0 Å². The molecule has 5 nitrogen and oxygen atoms in total. The van der Waals surface area contributed by atoms with Gasteiger partial charge in [0.05, 0.1) is 10.5 Å². The Morgan fingerprint density at radius 3 is 2.33 bits per heavy atom. The maximum absolute atomic E-state index is 10.7. The van der Waals surface area contributed by atoms with Crippen molar-refractivity contribution in [3.63, 3.8) is 0 Å². The molecule has 1 aromatic rings. The number of aryl methyl sites for hydroxylation is 1. The van der Waals surface area contributed by atoms with Crippen LogP contribution in [0.15, 0.2) is 23.1 Å². The van der Waals surface area contributed by atoms with Gasteiger partial charge in [0.1, 0.15) is 0 Å². The number of rotatable bonds is 2. The van der Waals surface area contributed by atoms with Gasteiger partial charge in [-0.05, 0) is 24.6 Å². The summed E-state index contributed by atoms with van der Waals surface area (Å²) in [5, 5.41) is 8.68. The molecule has 0 aliphatic heterocycles. The van der Waals surface area contributed by atoms with Crippen LogP contribution in [0.5, 0.6) is 0 Å². The summed E-state index contributed by atoms with van der Waals surface area (Å²) in [6.45, 7) is 1.54. The zero-order chi connectivity index (χ0) is 10.9. The third-order valence-corrected chi connectivity index (χ3v) is 2.59. The molecule has 7 heteroatoms. The monoisotopic (exact) mass is 240 g/mol. The van der Waals surface area contributed by atoms with Crippen LogP contribution >= 0.6 is 0 Å². The maximum atomic E-state index is 10.7. The minimum absolute atomic E-state index is 0.